The van der Waals surface area contributed by atoms with Crippen LogP contribution in [0.1, 0.15) is 48.4 Å². The molecule has 5 heterocycles. The van der Waals surface area contributed by atoms with Crippen molar-refractivity contribution in [2.45, 2.75) is 44.9 Å². The zero-order chi connectivity index (χ0) is 19.4. The van der Waals surface area contributed by atoms with Crippen LogP contribution in [0.15, 0.2) is 30.7 Å². The number of fused-ring (bicyclic) bond motifs is 4. The fourth-order valence-corrected chi connectivity index (χ4v) is 6.33. The molecule has 4 aromatic rings. The fourth-order valence-electron chi connectivity index (χ4n) is 4.99. The molecule has 0 N–H and O–H groups in total. The summed E-state index contributed by atoms with van der Waals surface area (Å²) in [6.07, 6.45) is 9.60. The van der Waals surface area contributed by atoms with Crippen LogP contribution in [0.3, 0.4) is 0 Å². The first-order chi connectivity index (χ1) is 14.3. The Bertz CT molecular complexity index is 1190. The average Bonchev–Trinajstić information content (AvgIpc) is 3.34. The SMILES string of the molecule is CC1CCc2c(sc3ncnc(N4CCC(c5nnc6ccccn56)CC4)c23)C1. The third-order valence-corrected chi connectivity index (χ3v) is 7.73. The number of hydrogen-bond donors (Lipinski definition) is 0. The Labute approximate surface area is 173 Å². The Morgan fingerprint density at radius 3 is 2.86 bits per heavy atom. The molecule has 0 saturated carbocycles. The highest BCUT2D eigenvalue weighted by molar-refractivity contribution is 7.19. The van der Waals surface area contributed by atoms with Gasteiger partial charge in [0.25, 0.3) is 0 Å². The molecule has 148 valence electrons. The van der Waals surface area contributed by atoms with Crippen LogP contribution in [0.5, 0.6) is 0 Å². The lowest BCUT2D eigenvalue weighted by atomic mass is 9.89. The molecule has 29 heavy (non-hydrogen) atoms. The van der Waals surface area contributed by atoms with Crippen LogP contribution in [-0.4, -0.2) is 37.7 Å². The van der Waals surface area contributed by atoms with Crippen molar-refractivity contribution >= 4 is 33.0 Å². The molecule has 6 rings (SSSR count). The van der Waals surface area contributed by atoms with Crippen molar-refractivity contribution in [3.8, 4) is 0 Å². The van der Waals surface area contributed by atoms with Crippen LogP contribution in [0.4, 0.5) is 5.82 Å². The Morgan fingerprint density at radius 1 is 1.07 bits per heavy atom. The van der Waals surface area contributed by atoms with Gasteiger partial charge >= 0.3 is 0 Å². The van der Waals surface area contributed by atoms with E-state index in [1.54, 1.807) is 6.33 Å². The van der Waals surface area contributed by atoms with Crippen molar-refractivity contribution in [3.05, 3.63) is 47.0 Å². The Hall–Kier alpha value is -2.54. The maximum absolute atomic E-state index is 4.76. The number of pyridine rings is 1. The maximum Gasteiger partial charge on any atom is 0.160 e. The molecule has 1 fully saturated rings. The second-order valence-electron chi connectivity index (χ2n) is 8.48. The highest BCUT2D eigenvalue weighted by Crippen LogP contribution is 2.41. The van der Waals surface area contributed by atoms with Gasteiger partial charge in [-0.05, 0) is 55.7 Å². The highest BCUT2D eigenvalue weighted by atomic mass is 32.1. The maximum atomic E-state index is 4.76. The van der Waals surface area contributed by atoms with E-state index < -0.39 is 0 Å². The normalized spacial score (nSPS) is 20.4. The number of aromatic nitrogens is 5. The van der Waals surface area contributed by atoms with Gasteiger partial charge < -0.3 is 4.90 Å². The predicted octanol–water partition coefficient (Wildman–Crippen LogP) is 4.24. The molecule has 1 aliphatic heterocycles. The van der Waals surface area contributed by atoms with Crippen molar-refractivity contribution in [3.63, 3.8) is 0 Å². The van der Waals surface area contributed by atoms with Gasteiger partial charge in [0, 0.05) is 30.1 Å². The van der Waals surface area contributed by atoms with Crippen LogP contribution in [-0.2, 0) is 12.8 Å². The van der Waals surface area contributed by atoms with Gasteiger partial charge in [-0.1, -0.05) is 13.0 Å². The van der Waals surface area contributed by atoms with Crippen molar-refractivity contribution in [1.29, 1.82) is 0 Å². The van der Waals surface area contributed by atoms with Crippen LogP contribution >= 0.6 is 11.3 Å². The van der Waals surface area contributed by atoms with E-state index in [9.17, 15) is 0 Å². The van der Waals surface area contributed by atoms with Crippen LogP contribution in [0.25, 0.3) is 15.9 Å². The molecule has 7 heteroatoms. The molecule has 0 bridgehead atoms. The Morgan fingerprint density at radius 2 is 1.97 bits per heavy atom. The minimum absolute atomic E-state index is 0.443. The predicted molar refractivity (Wildman–Crippen MR) is 116 cm³/mol. The second-order valence-corrected chi connectivity index (χ2v) is 9.56. The summed E-state index contributed by atoms with van der Waals surface area (Å²) >= 11 is 1.88. The lowest BCUT2D eigenvalue weighted by molar-refractivity contribution is 0.480. The highest BCUT2D eigenvalue weighted by Gasteiger charge is 2.29. The van der Waals surface area contributed by atoms with E-state index in [4.69, 9.17) is 4.98 Å². The smallest absolute Gasteiger partial charge is 0.160 e. The van der Waals surface area contributed by atoms with Crippen LogP contribution < -0.4 is 4.90 Å². The molecule has 2 aliphatic rings. The summed E-state index contributed by atoms with van der Waals surface area (Å²) in [6, 6.07) is 6.08. The Balaban J connectivity index is 1.29. The zero-order valence-corrected chi connectivity index (χ0v) is 17.4. The molecular weight excluding hydrogens is 380 g/mol. The van der Waals surface area contributed by atoms with Crippen LogP contribution in [0.2, 0.25) is 0 Å². The quantitative estimate of drug-likeness (QED) is 0.500. The van der Waals surface area contributed by atoms with Gasteiger partial charge in [-0.2, -0.15) is 0 Å². The number of hydrogen-bond acceptors (Lipinski definition) is 6. The number of aryl methyl sites for hydroxylation is 1. The van der Waals surface area contributed by atoms with E-state index in [0.717, 1.165) is 49.1 Å². The molecule has 0 amide bonds. The lowest BCUT2D eigenvalue weighted by Gasteiger charge is -2.32. The Kier molecular flexibility index (Phi) is 4.04. The zero-order valence-electron chi connectivity index (χ0n) is 16.6. The summed E-state index contributed by atoms with van der Waals surface area (Å²) in [5, 5.41) is 10.2. The second kappa shape index (κ2) is 6.76. The first kappa shape index (κ1) is 17.3. The molecule has 0 aromatic carbocycles. The van der Waals surface area contributed by atoms with Gasteiger partial charge in [-0.3, -0.25) is 4.40 Å². The number of rotatable bonds is 2. The first-order valence-electron chi connectivity index (χ1n) is 10.6. The van der Waals surface area contributed by atoms with Gasteiger partial charge in [0.1, 0.15) is 22.8 Å². The molecular formula is C22H24N6S. The van der Waals surface area contributed by atoms with Gasteiger partial charge in [0.05, 0.1) is 5.39 Å². The summed E-state index contributed by atoms with van der Waals surface area (Å²) in [5.41, 5.74) is 2.45. The van der Waals surface area contributed by atoms with E-state index in [-0.39, 0.29) is 0 Å². The van der Waals surface area contributed by atoms with Gasteiger partial charge in [-0.15, -0.1) is 21.5 Å². The molecule has 1 aliphatic carbocycles. The molecule has 1 saturated heterocycles. The van der Waals surface area contributed by atoms with Crippen molar-refractivity contribution in [1.82, 2.24) is 24.6 Å². The number of thiophene rings is 1. The molecule has 1 atom stereocenters. The van der Waals surface area contributed by atoms with Gasteiger partial charge in [-0.25, -0.2) is 9.97 Å². The number of anilines is 1. The summed E-state index contributed by atoms with van der Waals surface area (Å²) in [6.45, 7) is 4.36. The van der Waals surface area contributed by atoms with Crippen LogP contribution in [0, 0.1) is 5.92 Å². The van der Waals surface area contributed by atoms with Crippen molar-refractivity contribution < 1.29 is 0 Å². The average molecular weight is 405 g/mol. The minimum Gasteiger partial charge on any atom is -0.356 e. The molecule has 0 spiro atoms. The first-order valence-corrected chi connectivity index (χ1v) is 11.4. The monoisotopic (exact) mass is 404 g/mol. The summed E-state index contributed by atoms with van der Waals surface area (Å²) in [7, 11) is 0. The molecule has 6 nitrogen and oxygen atoms in total. The summed E-state index contributed by atoms with van der Waals surface area (Å²) in [5.74, 6) is 3.46. The van der Waals surface area contributed by atoms with Gasteiger partial charge in [0.2, 0.25) is 0 Å². The van der Waals surface area contributed by atoms with Gasteiger partial charge in [0.15, 0.2) is 5.65 Å². The third kappa shape index (κ3) is 2.82. The number of piperidine rings is 1. The fraction of sp³-hybridized carbons (Fsp3) is 0.455. The summed E-state index contributed by atoms with van der Waals surface area (Å²) in [4.78, 5) is 14.5. The minimum atomic E-state index is 0.443. The number of nitrogens with zero attached hydrogens (tertiary/aromatic N) is 6. The van der Waals surface area contributed by atoms with Crippen molar-refractivity contribution in [2.75, 3.05) is 18.0 Å². The summed E-state index contributed by atoms with van der Waals surface area (Å²) < 4.78 is 2.14. The lowest BCUT2D eigenvalue weighted by Crippen LogP contribution is -2.34. The van der Waals surface area contributed by atoms with E-state index in [1.165, 1.54) is 39.9 Å². The molecule has 4 aromatic heterocycles. The standard InChI is InChI=1S/C22H24N6S/c1-14-5-6-16-17(12-14)29-22-19(16)21(23-13-24-22)27-10-7-15(8-11-27)20-26-25-18-4-2-3-9-28(18)20/h2-4,9,13-15H,5-8,10-12H2,1H3. The topological polar surface area (TPSA) is 59.2 Å². The third-order valence-electron chi connectivity index (χ3n) is 6.57. The van der Waals surface area contributed by atoms with E-state index in [2.05, 4.69) is 37.6 Å². The van der Waals surface area contributed by atoms with E-state index in [1.807, 2.05) is 29.5 Å². The molecule has 0 radical (unpaired) electrons. The van der Waals surface area contributed by atoms with Crippen molar-refractivity contribution in [2.24, 2.45) is 5.92 Å². The molecule has 1 unspecified atom stereocenters. The van der Waals surface area contributed by atoms with E-state index in [0.29, 0.717) is 5.92 Å². The largest absolute Gasteiger partial charge is 0.356 e. The van der Waals surface area contributed by atoms with E-state index >= 15 is 0 Å².